The molecule has 1 nitrogen and oxygen atoms in total. The number of ketones is 1. The van der Waals surface area contributed by atoms with Gasteiger partial charge in [0.25, 0.3) is 0 Å². The van der Waals surface area contributed by atoms with Crippen molar-refractivity contribution in [3.8, 4) is 0 Å². The molecule has 0 aromatic heterocycles. The second-order valence-electron chi connectivity index (χ2n) is 5.64. The van der Waals surface area contributed by atoms with Gasteiger partial charge < -0.3 is 0 Å². The van der Waals surface area contributed by atoms with Crippen LogP contribution in [0.25, 0.3) is 0 Å². The Labute approximate surface area is 87.6 Å². The number of carbonyl (C=O) groups is 1. The Bertz CT molecular complexity index is 280. The zero-order valence-electron chi connectivity index (χ0n) is 10.3. The molecule has 0 aliphatic heterocycles. The third-order valence-electron chi connectivity index (χ3n) is 3.11. The summed E-state index contributed by atoms with van der Waals surface area (Å²) in [5.74, 6) is 1.26. The fourth-order valence-electron chi connectivity index (χ4n) is 2.31. The van der Waals surface area contributed by atoms with Crippen molar-refractivity contribution in [2.75, 3.05) is 0 Å². The number of hydrogen-bond donors (Lipinski definition) is 0. The van der Waals surface area contributed by atoms with Gasteiger partial charge in [-0.1, -0.05) is 47.1 Å². The normalized spacial score (nSPS) is 21.6. The average Bonchev–Trinajstić information content (AvgIpc) is 2.23. The first-order chi connectivity index (χ1) is 6.27. The van der Waals surface area contributed by atoms with Crippen LogP contribution >= 0.6 is 0 Å². The van der Waals surface area contributed by atoms with Crippen LogP contribution in [0, 0.1) is 17.3 Å². The smallest absolute Gasteiger partial charge is 0.164 e. The van der Waals surface area contributed by atoms with Gasteiger partial charge >= 0.3 is 0 Å². The van der Waals surface area contributed by atoms with Crippen molar-refractivity contribution in [1.29, 1.82) is 0 Å². The highest BCUT2D eigenvalue weighted by Crippen LogP contribution is 2.43. The zero-order valence-corrected chi connectivity index (χ0v) is 10.3. The molecule has 0 heterocycles. The van der Waals surface area contributed by atoms with Crippen LogP contribution in [0.15, 0.2) is 11.1 Å². The molecule has 80 valence electrons. The largest absolute Gasteiger partial charge is 0.294 e. The van der Waals surface area contributed by atoms with E-state index in [1.165, 1.54) is 5.57 Å². The van der Waals surface area contributed by atoms with E-state index in [1.54, 1.807) is 0 Å². The minimum absolute atomic E-state index is 0.154. The molecule has 0 unspecified atom stereocenters. The van der Waals surface area contributed by atoms with Crippen LogP contribution in [0.2, 0.25) is 0 Å². The van der Waals surface area contributed by atoms with Gasteiger partial charge in [-0.25, -0.2) is 0 Å². The Morgan fingerprint density at radius 3 is 1.86 bits per heavy atom. The molecule has 1 aliphatic rings. The van der Waals surface area contributed by atoms with Gasteiger partial charge in [0, 0.05) is 5.41 Å². The lowest BCUT2D eigenvalue weighted by Gasteiger charge is -2.16. The maximum Gasteiger partial charge on any atom is 0.164 e. The molecule has 0 saturated carbocycles. The molecule has 0 spiro atoms. The van der Waals surface area contributed by atoms with Crippen molar-refractivity contribution in [2.45, 2.75) is 48.0 Å². The van der Waals surface area contributed by atoms with E-state index in [9.17, 15) is 4.79 Å². The summed E-state index contributed by atoms with van der Waals surface area (Å²) in [5.41, 5.74) is 2.33. The molecule has 0 fully saturated rings. The van der Waals surface area contributed by atoms with Gasteiger partial charge in [-0.15, -0.1) is 0 Å². The molecule has 0 radical (unpaired) electrons. The topological polar surface area (TPSA) is 17.1 Å². The monoisotopic (exact) mass is 194 g/mol. The summed E-state index contributed by atoms with van der Waals surface area (Å²) in [4.78, 5) is 12.1. The average molecular weight is 194 g/mol. The molecule has 0 bridgehead atoms. The molecule has 1 heteroatoms. The molecule has 0 aromatic carbocycles. The number of rotatable bonds is 2. The minimum Gasteiger partial charge on any atom is -0.294 e. The Morgan fingerprint density at radius 1 is 1.07 bits per heavy atom. The number of Topliss-reactive ketones (excluding diaryl/α,β-unsaturated/α-hetero) is 1. The van der Waals surface area contributed by atoms with Crippen LogP contribution in [-0.2, 0) is 4.79 Å². The summed E-state index contributed by atoms with van der Waals surface area (Å²) >= 11 is 0. The van der Waals surface area contributed by atoms with Gasteiger partial charge in [0.15, 0.2) is 5.78 Å². The van der Waals surface area contributed by atoms with Crippen LogP contribution in [-0.4, -0.2) is 5.78 Å². The zero-order chi connectivity index (χ0) is 11.1. The van der Waals surface area contributed by atoms with E-state index in [2.05, 4.69) is 41.5 Å². The van der Waals surface area contributed by atoms with Crippen LogP contribution in [0.5, 0.6) is 0 Å². The summed E-state index contributed by atoms with van der Waals surface area (Å²) < 4.78 is 0. The second kappa shape index (κ2) is 3.52. The maximum absolute atomic E-state index is 12.1. The summed E-state index contributed by atoms with van der Waals surface area (Å²) in [7, 11) is 0. The quantitative estimate of drug-likeness (QED) is 0.656. The van der Waals surface area contributed by atoms with E-state index in [-0.39, 0.29) is 5.41 Å². The molecule has 1 aliphatic carbocycles. The van der Waals surface area contributed by atoms with E-state index >= 15 is 0 Å². The van der Waals surface area contributed by atoms with Crippen molar-refractivity contribution >= 4 is 5.78 Å². The predicted molar refractivity (Wildman–Crippen MR) is 60.1 cm³/mol. The lowest BCUT2D eigenvalue weighted by molar-refractivity contribution is -0.122. The standard InChI is InChI=1S/C13H22O/c1-8(2)10-7-13(5,6)12(14)11(10)9(3)4/h8-9H,7H2,1-6H3. The second-order valence-corrected chi connectivity index (χ2v) is 5.64. The Hall–Kier alpha value is -0.590. The van der Waals surface area contributed by atoms with Crippen molar-refractivity contribution < 1.29 is 4.79 Å². The number of allylic oxidation sites excluding steroid dienone is 2. The van der Waals surface area contributed by atoms with Crippen molar-refractivity contribution in [1.82, 2.24) is 0 Å². The molecule has 0 saturated heterocycles. The van der Waals surface area contributed by atoms with Gasteiger partial charge in [0.2, 0.25) is 0 Å². The molecule has 0 aromatic rings. The molecule has 14 heavy (non-hydrogen) atoms. The van der Waals surface area contributed by atoms with Crippen LogP contribution in [0.1, 0.15) is 48.0 Å². The third kappa shape index (κ3) is 1.77. The van der Waals surface area contributed by atoms with E-state index in [0.717, 1.165) is 12.0 Å². The first-order valence-electron chi connectivity index (χ1n) is 5.55. The van der Waals surface area contributed by atoms with E-state index < -0.39 is 0 Å². The molecule has 1 rings (SSSR count). The van der Waals surface area contributed by atoms with E-state index in [4.69, 9.17) is 0 Å². The number of carbonyl (C=O) groups excluding carboxylic acids is 1. The third-order valence-corrected chi connectivity index (χ3v) is 3.11. The summed E-state index contributed by atoms with van der Waals surface area (Å²) in [6, 6.07) is 0. The Balaban J connectivity index is 3.14. The van der Waals surface area contributed by atoms with Crippen LogP contribution < -0.4 is 0 Å². The predicted octanol–water partition coefficient (Wildman–Crippen LogP) is 3.59. The molecule has 0 atom stereocenters. The SMILES string of the molecule is CC(C)C1=C(C(C)C)C(=O)C(C)(C)C1. The van der Waals surface area contributed by atoms with Crippen LogP contribution in [0.3, 0.4) is 0 Å². The summed E-state index contributed by atoms with van der Waals surface area (Å²) in [5, 5.41) is 0. The van der Waals surface area contributed by atoms with E-state index in [0.29, 0.717) is 17.6 Å². The molecule has 0 amide bonds. The number of hydrogen-bond acceptors (Lipinski definition) is 1. The van der Waals surface area contributed by atoms with Gasteiger partial charge in [-0.2, -0.15) is 0 Å². The Morgan fingerprint density at radius 2 is 1.57 bits per heavy atom. The van der Waals surface area contributed by atoms with Gasteiger partial charge in [0.05, 0.1) is 0 Å². The van der Waals surface area contributed by atoms with E-state index in [1.807, 2.05) is 0 Å². The molecular formula is C13H22O. The maximum atomic E-state index is 12.1. The molecule has 0 N–H and O–H groups in total. The van der Waals surface area contributed by atoms with Crippen molar-refractivity contribution in [3.63, 3.8) is 0 Å². The highest BCUT2D eigenvalue weighted by atomic mass is 16.1. The van der Waals surface area contributed by atoms with Crippen molar-refractivity contribution in [3.05, 3.63) is 11.1 Å². The first kappa shape index (κ1) is 11.5. The summed E-state index contributed by atoms with van der Waals surface area (Å²) in [6.07, 6.45) is 0.955. The van der Waals surface area contributed by atoms with Crippen molar-refractivity contribution in [2.24, 2.45) is 17.3 Å². The fourth-order valence-corrected chi connectivity index (χ4v) is 2.31. The lowest BCUT2D eigenvalue weighted by atomic mass is 9.86. The Kier molecular flexibility index (Phi) is 2.89. The van der Waals surface area contributed by atoms with Gasteiger partial charge in [-0.3, -0.25) is 4.79 Å². The minimum atomic E-state index is -0.154. The summed E-state index contributed by atoms with van der Waals surface area (Å²) in [6.45, 7) is 12.7. The molecular weight excluding hydrogens is 172 g/mol. The van der Waals surface area contributed by atoms with Gasteiger partial charge in [-0.05, 0) is 23.8 Å². The highest BCUT2D eigenvalue weighted by molar-refractivity contribution is 6.03. The first-order valence-corrected chi connectivity index (χ1v) is 5.55. The lowest BCUT2D eigenvalue weighted by Crippen LogP contribution is -2.21. The highest BCUT2D eigenvalue weighted by Gasteiger charge is 2.40. The van der Waals surface area contributed by atoms with Crippen LogP contribution in [0.4, 0.5) is 0 Å². The van der Waals surface area contributed by atoms with Gasteiger partial charge in [0.1, 0.15) is 0 Å². The fraction of sp³-hybridized carbons (Fsp3) is 0.769.